The standard InChI is InChI=1S/C15H15ClN2O/c1-10-6-8-11(9-7-10)18(2)15(19)12-4-3-5-13(17)14(12)16/h3-9H,17H2,1-2H3. The Labute approximate surface area is 117 Å². The lowest BCUT2D eigenvalue weighted by atomic mass is 10.1. The van der Waals surface area contributed by atoms with Crippen LogP contribution in [-0.2, 0) is 0 Å². The smallest absolute Gasteiger partial charge is 0.259 e. The van der Waals surface area contributed by atoms with E-state index in [2.05, 4.69) is 0 Å². The van der Waals surface area contributed by atoms with Gasteiger partial charge < -0.3 is 10.6 Å². The zero-order valence-electron chi connectivity index (χ0n) is 10.9. The second-order valence-electron chi connectivity index (χ2n) is 4.41. The molecule has 0 saturated heterocycles. The van der Waals surface area contributed by atoms with E-state index in [1.165, 1.54) is 0 Å². The van der Waals surface area contributed by atoms with Crippen molar-refractivity contribution in [2.24, 2.45) is 0 Å². The molecule has 2 aromatic rings. The van der Waals surface area contributed by atoms with Crippen LogP contribution in [0.4, 0.5) is 11.4 Å². The van der Waals surface area contributed by atoms with Crippen molar-refractivity contribution in [2.75, 3.05) is 17.7 Å². The summed E-state index contributed by atoms with van der Waals surface area (Å²) in [5.41, 5.74) is 8.49. The third-order valence-electron chi connectivity index (χ3n) is 2.98. The predicted octanol–water partition coefficient (Wildman–Crippen LogP) is 3.51. The van der Waals surface area contributed by atoms with Crippen LogP contribution in [0.15, 0.2) is 42.5 Å². The van der Waals surface area contributed by atoms with E-state index in [1.54, 1.807) is 30.1 Å². The minimum atomic E-state index is -0.179. The first kappa shape index (κ1) is 13.4. The Bertz CT molecular complexity index is 608. The molecular weight excluding hydrogens is 260 g/mol. The molecule has 2 N–H and O–H groups in total. The molecule has 0 fully saturated rings. The van der Waals surface area contributed by atoms with Crippen molar-refractivity contribution < 1.29 is 4.79 Å². The van der Waals surface area contributed by atoms with Crippen LogP contribution >= 0.6 is 11.6 Å². The van der Waals surface area contributed by atoms with Gasteiger partial charge in [0.1, 0.15) is 0 Å². The van der Waals surface area contributed by atoms with E-state index in [1.807, 2.05) is 31.2 Å². The maximum Gasteiger partial charge on any atom is 0.259 e. The van der Waals surface area contributed by atoms with Crippen LogP contribution in [0.2, 0.25) is 5.02 Å². The summed E-state index contributed by atoms with van der Waals surface area (Å²) in [6, 6.07) is 12.8. The van der Waals surface area contributed by atoms with E-state index in [4.69, 9.17) is 17.3 Å². The van der Waals surface area contributed by atoms with E-state index in [0.29, 0.717) is 16.3 Å². The summed E-state index contributed by atoms with van der Waals surface area (Å²) in [7, 11) is 1.71. The van der Waals surface area contributed by atoms with Gasteiger partial charge in [0.2, 0.25) is 0 Å². The highest BCUT2D eigenvalue weighted by atomic mass is 35.5. The van der Waals surface area contributed by atoms with Gasteiger partial charge in [-0.05, 0) is 31.2 Å². The summed E-state index contributed by atoms with van der Waals surface area (Å²) < 4.78 is 0. The van der Waals surface area contributed by atoms with E-state index in [-0.39, 0.29) is 5.91 Å². The Balaban J connectivity index is 2.33. The molecule has 0 saturated carbocycles. The topological polar surface area (TPSA) is 46.3 Å². The number of hydrogen-bond donors (Lipinski definition) is 1. The van der Waals surface area contributed by atoms with Crippen LogP contribution in [0, 0.1) is 6.92 Å². The van der Waals surface area contributed by atoms with Gasteiger partial charge in [0, 0.05) is 12.7 Å². The summed E-state index contributed by atoms with van der Waals surface area (Å²) in [4.78, 5) is 13.9. The molecule has 98 valence electrons. The molecule has 2 rings (SSSR count). The summed E-state index contributed by atoms with van der Waals surface area (Å²) in [5, 5.41) is 0.298. The number of carbonyl (C=O) groups is 1. The average molecular weight is 275 g/mol. The molecule has 1 amide bonds. The van der Waals surface area contributed by atoms with E-state index in [0.717, 1.165) is 11.3 Å². The number of nitrogen functional groups attached to an aromatic ring is 1. The molecule has 0 aliphatic rings. The van der Waals surface area contributed by atoms with Crippen LogP contribution in [0.25, 0.3) is 0 Å². The highest BCUT2D eigenvalue weighted by molar-refractivity contribution is 6.36. The lowest BCUT2D eigenvalue weighted by Gasteiger charge is -2.18. The van der Waals surface area contributed by atoms with Crippen molar-refractivity contribution >= 4 is 28.9 Å². The van der Waals surface area contributed by atoms with Gasteiger partial charge in [0.05, 0.1) is 16.3 Å². The third-order valence-corrected chi connectivity index (χ3v) is 3.41. The summed E-state index contributed by atoms with van der Waals surface area (Å²) >= 11 is 6.07. The number of carbonyl (C=O) groups excluding carboxylic acids is 1. The average Bonchev–Trinajstić information content (AvgIpc) is 2.41. The van der Waals surface area contributed by atoms with Gasteiger partial charge in [-0.15, -0.1) is 0 Å². The predicted molar refractivity (Wildman–Crippen MR) is 79.8 cm³/mol. The van der Waals surface area contributed by atoms with Gasteiger partial charge in [-0.1, -0.05) is 35.4 Å². The Morgan fingerprint density at radius 2 is 1.79 bits per heavy atom. The minimum Gasteiger partial charge on any atom is -0.398 e. The van der Waals surface area contributed by atoms with Gasteiger partial charge in [-0.25, -0.2) is 0 Å². The summed E-state index contributed by atoms with van der Waals surface area (Å²) in [5.74, 6) is -0.179. The molecule has 0 spiro atoms. The Morgan fingerprint density at radius 1 is 1.16 bits per heavy atom. The fraction of sp³-hybridized carbons (Fsp3) is 0.133. The van der Waals surface area contributed by atoms with Gasteiger partial charge >= 0.3 is 0 Å². The maximum absolute atomic E-state index is 12.4. The third kappa shape index (κ3) is 2.71. The molecule has 0 heterocycles. The van der Waals surface area contributed by atoms with Crippen molar-refractivity contribution in [3.05, 3.63) is 58.6 Å². The summed E-state index contributed by atoms with van der Waals surface area (Å²) in [6.07, 6.45) is 0. The Hall–Kier alpha value is -2.00. The maximum atomic E-state index is 12.4. The zero-order chi connectivity index (χ0) is 14.0. The molecule has 2 aromatic carbocycles. The lowest BCUT2D eigenvalue weighted by molar-refractivity contribution is 0.0993. The molecule has 0 aromatic heterocycles. The first-order valence-electron chi connectivity index (χ1n) is 5.89. The monoisotopic (exact) mass is 274 g/mol. The molecule has 0 atom stereocenters. The van der Waals surface area contributed by atoms with Crippen LogP contribution in [0.5, 0.6) is 0 Å². The molecule has 0 bridgehead atoms. The fourth-order valence-electron chi connectivity index (χ4n) is 1.78. The number of halogens is 1. The van der Waals surface area contributed by atoms with Crippen LogP contribution in [0.3, 0.4) is 0 Å². The van der Waals surface area contributed by atoms with Gasteiger partial charge in [-0.3, -0.25) is 4.79 Å². The Morgan fingerprint density at radius 3 is 2.42 bits per heavy atom. The van der Waals surface area contributed by atoms with Crippen molar-refractivity contribution in [1.82, 2.24) is 0 Å². The van der Waals surface area contributed by atoms with Crippen molar-refractivity contribution in [2.45, 2.75) is 6.92 Å². The van der Waals surface area contributed by atoms with Crippen LogP contribution in [0.1, 0.15) is 15.9 Å². The molecule has 4 heteroatoms. The second-order valence-corrected chi connectivity index (χ2v) is 4.79. The largest absolute Gasteiger partial charge is 0.398 e. The van der Waals surface area contributed by atoms with Crippen LogP contribution in [-0.4, -0.2) is 13.0 Å². The van der Waals surface area contributed by atoms with Gasteiger partial charge in [0.15, 0.2) is 0 Å². The quantitative estimate of drug-likeness (QED) is 0.852. The van der Waals surface area contributed by atoms with E-state index >= 15 is 0 Å². The number of hydrogen-bond acceptors (Lipinski definition) is 2. The highest BCUT2D eigenvalue weighted by Gasteiger charge is 2.17. The minimum absolute atomic E-state index is 0.179. The van der Waals surface area contributed by atoms with Crippen molar-refractivity contribution in [3.8, 4) is 0 Å². The molecule has 19 heavy (non-hydrogen) atoms. The van der Waals surface area contributed by atoms with Crippen LogP contribution < -0.4 is 10.6 Å². The molecule has 0 aliphatic heterocycles. The number of anilines is 2. The first-order valence-corrected chi connectivity index (χ1v) is 6.27. The zero-order valence-corrected chi connectivity index (χ0v) is 11.6. The number of aryl methyl sites for hydroxylation is 1. The molecule has 3 nitrogen and oxygen atoms in total. The number of amides is 1. The number of nitrogens with two attached hydrogens (primary N) is 1. The molecule has 0 unspecified atom stereocenters. The second kappa shape index (κ2) is 5.33. The molecule has 0 radical (unpaired) electrons. The molecular formula is C15H15ClN2O. The Kier molecular flexibility index (Phi) is 3.76. The summed E-state index contributed by atoms with van der Waals surface area (Å²) in [6.45, 7) is 2.00. The van der Waals surface area contributed by atoms with Crippen molar-refractivity contribution in [3.63, 3.8) is 0 Å². The van der Waals surface area contributed by atoms with E-state index < -0.39 is 0 Å². The fourth-order valence-corrected chi connectivity index (χ4v) is 1.99. The lowest BCUT2D eigenvalue weighted by Crippen LogP contribution is -2.26. The SMILES string of the molecule is Cc1ccc(N(C)C(=O)c2cccc(N)c2Cl)cc1. The van der Waals surface area contributed by atoms with E-state index in [9.17, 15) is 4.79 Å². The van der Waals surface area contributed by atoms with Crippen molar-refractivity contribution in [1.29, 1.82) is 0 Å². The highest BCUT2D eigenvalue weighted by Crippen LogP contribution is 2.25. The van der Waals surface area contributed by atoms with Gasteiger partial charge in [-0.2, -0.15) is 0 Å². The first-order chi connectivity index (χ1) is 9.00. The number of rotatable bonds is 2. The number of benzene rings is 2. The normalized spacial score (nSPS) is 10.3. The van der Waals surface area contributed by atoms with Gasteiger partial charge in [0.25, 0.3) is 5.91 Å². The molecule has 0 aliphatic carbocycles. The number of nitrogens with zero attached hydrogens (tertiary/aromatic N) is 1.